The summed E-state index contributed by atoms with van der Waals surface area (Å²) in [6.07, 6.45) is 44.6. The van der Waals surface area contributed by atoms with Crippen LogP contribution in [0.3, 0.4) is 0 Å². The van der Waals surface area contributed by atoms with Crippen molar-refractivity contribution in [3.05, 3.63) is 12.2 Å². The Balaban J connectivity index is 4.19. The fourth-order valence-electron chi connectivity index (χ4n) is 7.11. The van der Waals surface area contributed by atoms with Gasteiger partial charge in [-0.3, -0.25) is 18.6 Å². The van der Waals surface area contributed by atoms with E-state index in [-0.39, 0.29) is 19.4 Å². The molecule has 0 aromatic carbocycles. The van der Waals surface area contributed by atoms with Gasteiger partial charge in [-0.2, -0.15) is 0 Å². The van der Waals surface area contributed by atoms with Crippen LogP contribution in [0.4, 0.5) is 0 Å². The molecule has 0 saturated carbocycles. The van der Waals surface area contributed by atoms with Crippen molar-refractivity contribution in [3.63, 3.8) is 0 Å². The summed E-state index contributed by atoms with van der Waals surface area (Å²) in [4.78, 5) is 35.1. The van der Waals surface area contributed by atoms with E-state index in [0.717, 1.165) is 44.9 Å². The molecule has 59 heavy (non-hydrogen) atoms. The summed E-state index contributed by atoms with van der Waals surface area (Å²) in [7, 11) is -4.62. The zero-order chi connectivity index (χ0) is 43.3. The average Bonchev–Trinajstić information content (AvgIpc) is 3.22. The standard InChI is InChI=1S/C48H93O10P/c1-3-5-7-9-11-13-15-17-19-21-22-24-26-28-30-32-34-36-38-40-48(52)58-46(44-57-59(53,54)56-42-45(50)41-49)43-55-47(51)39-37-35-33-31-29-27-25-23-20-18-16-14-12-10-8-6-4-2/h21-22,45-46,49-50H,3-20,23-44H2,1-2H3,(H,53,54)/b22-21-/t45-,46+/m0/s1. The van der Waals surface area contributed by atoms with E-state index < -0.39 is 51.8 Å². The molecule has 10 nitrogen and oxygen atoms in total. The summed E-state index contributed by atoms with van der Waals surface area (Å²) >= 11 is 0. The molecule has 0 aromatic heterocycles. The first-order valence-corrected chi connectivity index (χ1v) is 26.1. The number of allylic oxidation sites excluding steroid dienone is 2. The summed E-state index contributed by atoms with van der Waals surface area (Å²) in [5.74, 6) is -0.915. The molecule has 0 aliphatic rings. The lowest BCUT2D eigenvalue weighted by Gasteiger charge is -2.20. The Morgan fingerprint density at radius 1 is 0.492 bits per heavy atom. The van der Waals surface area contributed by atoms with Gasteiger partial charge in [-0.25, -0.2) is 4.57 Å². The van der Waals surface area contributed by atoms with Gasteiger partial charge in [-0.05, 0) is 38.5 Å². The third-order valence-corrected chi connectivity index (χ3v) is 11.9. The number of phosphoric acid groups is 1. The lowest BCUT2D eigenvalue weighted by atomic mass is 10.0. The Labute approximate surface area is 362 Å². The molecule has 0 bridgehead atoms. The van der Waals surface area contributed by atoms with Crippen LogP contribution in [0.15, 0.2) is 12.2 Å². The largest absolute Gasteiger partial charge is 0.472 e. The molecule has 0 fully saturated rings. The van der Waals surface area contributed by atoms with Gasteiger partial charge >= 0.3 is 19.8 Å². The Morgan fingerprint density at radius 3 is 1.22 bits per heavy atom. The normalized spacial score (nSPS) is 13.8. The van der Waals surface area contributed by atoms with Crippen LogP contribution >= 0.6 is 7.82 Å². The van der Waals surface area contributed by atoms with Gasteiger partial charge in [0, 0.05) is 12.8 Å². The molecular weight excluding hydrogens is 767 g/mol. The molecular formula is C48H93O10P. The summed E-state index contributed by atoms with van der Waals surface area (Å²) in [5, 5.41) is 18.4. The van der Waals surface area contributed by atoms with Gasteiger partial charge in [0.15, 0.2) is 6.10 Å². The summed E-state index contributed by atoms with van der Waals surface area (Å²) in [6, 6.07) is 0. The van der Waals surface area contributed by atoms with E-state index in [0.29, 0.717) is 12.8 Å². The lowest BCUT2D eigenvalue weighted by molar-refractivity contribution is -0.161. The molecule has 3 atom stereocenters. The van der Waals surface area contributed by atoms with Crippen LogP contribution in [0.2, 0.25) is 0 Å². The van der Waals surface area contributed by atoms with Crippen molar-refractivity contribution in [2.24, 2.45) is 0 Å². The number of rotatable bonds is 47. The van der Waals surface area contributed by atoms with E-state index in [1.807, 2.05) is 0 Å². The van der Waals surface area contributed by atoms with E-state index in [4.69, 9.17) is 23.6 Å². The Hall–Kier alpha value is -1.29. The molecule has 0 amide bonds. The van der Waals surface area contributed by atoms with Crippen molar-refractivity contribution >= 4 is 19.8 Å². The molecule has 0 aliphatic carbocycles. The molecule has 0 spiro atoms. The summed E-state index contributed by atoms with van der Waals surface area (Å²) in [5.41, 5.74) is 0. The highest BCUT2D eigenvalue weighted by Gasteiger charge is 2.27. The minimum Gasteiger partial charge on any atom is -0.462 e. The number of aliphatic hydroxyl groups excluding tert-OH is 2. The molecule has 0 aromatic rings. The van der Waals surface area contributed by atoms with Gasteiger partial charge in [0.1, 0.15) is 12.7 Å². The maximum atomic E-state index is 12.7. The van der Waals surface area contributed by atoms with Crippen molar-refractivity contribution in [3.8, 4) is 0 Å². The predicted octanol–water partition coefficient (Wildman–Crippen LogP) is 13.6. The van der Waals surface area contributed by atoms with Crippen LogP contribution in [0, 0.1) is 0 Å². The Morgan fingerprint density at radius 2 is 0.831 bits per heavy atom. The average molecular weight is 861 g/mol. The molecule has 0 heterocycles. The van der Waals surface area contributed by atoms with E-state index in [1.54, 1.807) is 0 Å². The third kappa shape index (κ3) is 44.6. The second-order valence-electron chi connectivity index (χ2n) is 16.8. The van der Waals surface area contributed by atoms with Crippen molar-refractivity contribution in [1.82, 2.24) is 0 Å². The molecule has 350 valence electrons. The van der Waals surface area contributed by atoms with Crippen molar-refractivity contribution in [2.45, 2.75) is 257 Å². The van der Waals surface area contributed by atoms with Gasteiger partial charge in [0.05, 0.1) is 19.8 Å². The zero-order valence-corrected chi connectivity index (χ0v) is 39.1. The van der Waals surface area contributed by atoms with Gasteiger partial charge in [-0.15, -0.1) is 0 Å². The minimum absolute atomic E-state index is 0.184. The molecule has 0 radical (unpaired) electrons. The SMILES string of the molecule is CCCCCCCCCC/C=C\CCCCCCCCCC(=O)O[C@H](COC(=O)CCCCCCCCCCCCCCCCCCC)COP(=O)(O)OC[C@@H](O)CO. The van der Waals surface area contributed by atoms with E-state index in [1.165, 1.54) is 161 Å². The lowest BCUT2D eigenvalue weighted by Crippen LogP contribution is -2.29. The second-order valence-corrected chi connectivity index (χ2v) is 18.3. The third-order valence-electron chi connectivity index (χ3n) is 10.9. The number of aliphatic hydroxyl groups is 2. The molecule has 0 rings (SSSR count). The smallest absolute Gasteiger partial charge is 0.462 e. The number of unbranched alkanes of at least 4 members (excludes halogenated alkanes) is 31. The summed E-state index contributed by atoms with van der Waals surface area (Å²) < 4.78 is 32.8. The number of esters is 2. The molecule has 0 saturated heterocycles. The van der Waals surface area contributed by atoms with Crippen molar-refractivity contribution in [2.75, 3.05) is 26.4 Å². The number of ether oxygens (including phenoxy) is 2. The first kappa shape index (κ1) is 57.7. The first-order valence-electron chi connectivity index (χ1n) is 24.6. The van der Waals surface area contributed by atoms with E-state index >= 15 is 0 Å². The highest BCUT2D eigenvalue weighted by molar-refractivity contribution is 7.47. The summed E-state index contributed by atoms with van der Waals surface area (Å²) in [6.45, 7) is 2.43. The fourth-order valence-corrected chi connectivity index (χ4v) is 7.90. The first-order chi connectivity index (χ1) is 28.7. The van der Waals surface area contributed by atoms with Crippen LogP contribution in [0.5, 0.6) is 0 Å². The van der Waals surface area contributed by atoms with Crippen molar-refractivity contribution < 1.29 is 47.8 Å². The van der Waals surface area contributed by atoms with Gasteiger partial charge in [-0.1, -0.05) is 206 Å². The minimum atomic E-state index is -4.62. The second kappa shape index (κ2) is 44.8. The number of hydrogen-bond acceptors (Lipinski definition) is 9. The molecule has 0 aliphatic heterocycles. The zero-order valence-electron chi connectivity index (χ0n) is 38.2. The molecule has 11 heteroatoms. The van der Waals surface area contributed by atoms with Gasteiger partial charge < -0.3 is 24.6 Å². The van der Waals surface area contributed by atoms with E-state index in [9.17, 15) is 24.2 Å². The molecule has 3 N–H and O–H groups in total. The van der Waals surface area contributed by atoms with Crippen LogP contribution < -0.4 is 0 Å². The maximum Gasteiger partial charge on any atom is 0.472 e. The Kier molecular flexibility index (Phi) is 43.8. The highest BCUT2D eigenvalue weighted by atomic mass is 31.2. The monoisotopic (exact) mass is 861 g/mol. The van der Waals surface area contributed by atoms with Crippen LogP contribution in [0.25, 0.3) is 0 Å². The number of carbonyl (C=O) groups is 2. The van der Waals surface area contributed by atoms with Crippen LogP contribution in [0.1, 0.15) is 245 Å². The predicted molar refractivity (Wildman–Crippen MR) is 242 cm³/mol. The topological polar surface area (TPSA) is 149 Å². The Bertz CT molecular complexity index is 993. The van der Waals surface area contributed by atoms with Crippen LogP contribution in [-0.4, -0.2) is 65.7 Å². The van der Waals surface area contributed by atoms with Crippen molar-refractivity contribution in [1.29, 1.82) is 0 Å². The fraction of sp³-hybridized carbons (Fsp3) is 0.917. The van der Waals surface area contributed by atoms with E-state index in [2.05, 4.69) is 26.0 Å². The number of hydrogen-bond donors (Lipinski definition) is 3. The van der Waals surface area contributed by atoms with Crippen LogP contribution in [-0.2, 0) is 32.7 Å². The molecule has 1 unspecified atom stereocenters. The number of carbonyl (C=O) groups excluding carboxylic acids is 2. The quantitative estimate of drug-likeness (QED) is 0.0234. The number of phosphoric ester groups is 1. The maximum absolute atomic E-state index is 12.7. The van der Waals surface area contributed by atoms with Gasteiger partial charge in [0.25, 0.3) is 0 Å². The van der Waals surface area contributed by atoms with Gasteiger partial charge in [0.2, 0.25) is 0 Å². The highest BCUT2D eigenvalue weighted by Crippen LogP contribution is 2.43.